The van der Waals surface area contributed by atoms with Crippen LogP contribution in [0.5, 0.6) is 11.5 Å². The van der Waals surface area contributed by atoms with Gasteiger partial charge >= 0.3 is 6.29 Å². The van der Waals surface area contributed by atoms with Crippen molar-refractivity contribution in [3.05, 3.63) is 42.5 Å². The van der Waals surface area contributed by atoms with Gasteiger partial charge in [-0.15, -0.1) is 8.78 Å². The molecular weight excluding hydrogens is 284 g/mol. The Morgan fingerprint density at radius 1 is 1.19 bits per heavy atom. The Labute approximate surface area is 117 Å². The maximum Gasteiger partial charge on any atom is 0.586 e. The molecule has 2 heterocycles. The first kappa shape index (κ1) is 13.2. The van der Waals surface area contributed by atoms with Crippen molar-refractivity contribution in [2.24, 2.45) is 0 Å². The molecule has 0 saturated carbocycles. The van der Waals surface area contributed by atoms with Gasteiger partial charge in [0.1, 0.15) is 6.33 Å². The summed E-state index contributed by atoms with van der Waals surface area (Å²) < 4.78 is 34.3. The number of halogens is 2. The molecule has 1 amide bonds. The zero-order valence-corrected chi connectivity index (χ0v) is 10.5. The van der Waals surface area contributed by atoms with Crippen molar-refractivity contribution in [2.75, 3.05) is 5.32 Å². The lowest BCUT2D eigenvalue weighted by Crippen LogP contribution is -2.25. The third-order valence-electron chi connectivity index (χ3n) is 2.66. The number of benzene rings is 1. The number of rotatable bonds is 3. The van der Waals surface area contributed by atoms with Crippen molar-refractivity contribution >= 4 is 11.6 Å². The summed E-state index contributed by atoms with van der Waals surface area (Å²) in [5.41, 5.74) is 0.971. The van der Waals surface area contributed by atoms with Gasteiger partial charge in [-0.25, -0.2) is 9.97 Å². The number of ether oxygens (including phenoxy) is 2. The number of hydrogen-bond donors (Lipinski definition) is 1. The summed E-state index contributed by atoms with van der Waals surface area (Å²) in [5.74, 6) is -0.522. The SMILES string of the molecule is O=C(Cc1cncnc1)Nc1ccc2c(c1)OC(F)(F)O2. The highest BCUT2D eigenvalue weighted by molar-refractivity contribution is 5.92. The number of aromatic nitrogens is 2. The van der Waals surface area contributed by atoms with Crippen LogP contribution in [0.25, 0.3) is 0 Å². The highest BCUT2D eigenvalue weighted by atomic mass is 19.3. The van der Waals surface area contributed by atoms with Gasteiger partial charge < -0.3 is 14.8 Å². The molecule has 0 bridgehead atoms. The molecule has 1 aromatic heterocycles. The molecule has 1 aliphatic rings. The minimum Gasteiger partial charge on any atom is -0.395 e. The zero-order valence-electron chi connectivity index (χ0n) is 10.5. The van der Waals surface area contributed by atoms with Crippen LogP contribution in [0.2, 0.25) is 0 Å². The van der Waals surface area contributed by atoms with Crippen LogP contribution in [0.1, 0.15) is 5.56 Å². The van der Waals surface area contributed by atoms with E-state index in [-0.39, 0.29) is 23.8 Å². The van der Waals surface area contributed by atoms with E-state index in [1.54, 1.807) is 0 Å². The number of amides is 1. The summed E-state index contributed by atoms with van der Waals surface area (Å²) in [5, 5.41) is 2.57. The van der Waals surface area contributed by atoms with E-state index in [4.69, 9.17) is 0 Å². The summed E-state index contributed by atoms with van der Waals surface area (Å²) in [6, 6.07) is 4.02. The third kappa shape index (κ3) is 3.04. The van der Waals surface area contributed by atoms with Crippen molar-refractivity contribution in [2.45, 2.75) is 12.7 Å². The van der Waals surface area contributed by atoms with Gasteiger partial charge in [-0.05, 0) is 17.7 Å². The molecule has 0 atom stereocenters. The van der Waals surface area contributed by atoms with Gasteiger partial charge in [0, 0.05) is 24.1 Å². The average molecular weight is 293 g/mol. The van der Waals surface area contributed by atoms with Gasteiger partial charge in [0.15, 0.2) is 11.5 Å². The Bertz CT molecular complexity index is 680. The maximum absolute atomic E-state index is 12.9. The van der Waals surface area contributed by atoms with Crippen LogP contribution >= 0.6 is 0 Å². The number of hydrogen-bond acceptors (Lipinski definition) is 5. The molecule has 0 fully saturated rings. The molecule has 2 aromatic rings. The summed E-state index contributed by atoms with van der Waals surface area (Å²) in [7, 11) is 0. The van der Waals surface area contributed by atoms with Crippen molar-refractivity contribution in [3.8, 4) is 11.5 Å². The molecule has 21 heavy (non-hydrogen) atoms. The van der Waals surface area contributed by atoms with Crippen LogP contribution in [0, 0.1) is 0 Å². The number of nitrogens with zero attached hydrogens (tertiary/aromatic N) is 2. The fourth-order valence-corrected chi connectivity index (χ4v) is 1.84. The minimum atomic E-state index is -3.67. The predicted octanol–water partition coefficient (Wildman–Crippen LogP) is 1.98. The number of carbonyl (C=O) groups excluding carboxylic acids is 1. The highest BCUT2D eigenvalue weighted by Crippen LogP contribution is 2.42. The quantitative estimate of drug-likeness (QED) is 0.936. The van der Waals surface area contributed by atoms with Crippen molar-refractivity contribution in [3.63, 3.8) is 0 Å². The van der Waals surface area contributed by atoms with E-state index < -0.39 is 6.29 Å². The zero-order chi connectivity index (χ0) is 14.9. The fraction of sp³-hybridized carbons (Fsp3) is 0.154. The molecule has 0 saturated heterocycles. The summed E-state index contributed by atoms with van der Waals surface area (Å²) in [6.45, 7) is 0. The van der Waals surface area contributed by atoms with E-state index in [9.17, 15) is 13.6 Å². The molecule has 0 aliphatic carbocycles. The Morgan fingerprint density at radius 2 is 1.90 bits per heavy atom. The lowest BCUT2D eigenvalue weighted by atomic mass is 10.2. The van der Waals surface area contributed by atoms with Gasteiger partial charge in [0.05, 0.1) is 6.42 Å². The number of fused-ring (bicyclic) bond motifs is 1. The summed E-state index contributed by atoms with van der Waals surface area (Å²) >= 11 is 0. The second-order valence-electron chi connectivity index (χ2n) is 4.30. The third-order valence-corrected chi connectivity index (χ3v) is 2.66. The average Bonchev–Trinajstić information content (AvgIpc) is 2.73. The highest BCUT2D eigenvalue weighted by Gasteiger charge is 2.43. The van der Waals surface area contributed by atoms with Gasteiger partial charge in [0.25, 0.3) is 0 Å². The second kappa shape index (κ2) is 4.97. The van der Waals surface area contributed by atoms with E-state index in [1.165, 1.54) is 36.9 Å². The maximum atomic E-state index is 12.9. The van der Waals surface area contributed by atoms with Gasteiger partial charge in [-0.2, -0.15) is 0 Å². The molecule has 108 valence electrons. The Balaban J connectivity index is 1.68. The van der Waals surface area contributed by atoms with E-state index >= 15 is 0 Å². The largest absolute Gasteiger partial charge is 0.586 e. The van der Waals surface area contributed by atoms with E-state index in [1.807, 2.05) is 0 Å². The molecule has 0 radical (unpaired) electrons. The van der Waals surface area contributed by atoms with Crippen LogP contribution in [0.4, 0.5) is 14.5 Å². The van der Waals surface area contributed by atoms with E-state index in [0.717, 1.165) is 0 Å². The van der Waals surface area contributed by atoms with Crippen molar-refractivity contribution in [1.29, 1.82) is 0 Å². The molecule has 0 unspecified atom stereocenters. The monoisotopic (exact) mass is 293 g/mol. The lowest BCUT2D eigenvalue weighted by Gasteiger charge is -2.05. The number of alkyl halides is 2. The smallest absolute Gasteiger partial charge is 0.395 e. The normalized spacial score (nSPS) is 14.8. The number of anilines is 1. The van der Waals surface area contributed by atoms with Crippen LogP contribution in [-0.4, -0.2) is 22.2 Å². The molecule has 3 rings (SSSR count). The van der Waals surface area contributed by atoms with E-state index in [2.05, 4.69) is 24.8 Å². The van der Waals surface area contributed by atoms with Crippen LogP contribution in [0.3, 0.4) is 0 Å². The number of carbonyl (C=O) groups is 1. The first-order valence-corrected chi connectivity index (χ1v) is 5.95. The van der Waals surface area contributed by atoms with Crippen LogP contribution in [-0.2, 0) is 11.2 Å². The number of nitrogens with one attached hydrogen (secondary N) is 1. The lowest BCUT2D eigenvalue weighted by molar-refractivity contribution is -0.286. The Kier molecular flexibility index (Phi) is 3.13. The molecule has 1 aromatic carbocycles. The minimum absolute atomic E-state index is 0.0746. The second-order valence-corrected chi connectivity index (χ2v) is 4.30. The molecule has 6 nitrogen and oxygen atoms in total. The first-order valence-electron chi connectivity index (χ1n) is 5.95. The molecular formula is C13H9F2N3O3. The summed E-state index contributed by atoms with van der Waals surface area (Å²) in [6.07, 6.45) is 0.802. The molecule has 8 heteroatoms. The predicted molar refractivity (Wildman–Crippen MR) is 67.0 cm³/mol. The molecule has 1 aliphatic heterocycles. The van der Waals surface area contributed by atoms with Crippen molar-refractivity contribution in [1.82, 2.24) is 9.97 Å². The van der Waals surface area contributed by atoms with Gasteiger partial charge in [-0.3, -0.25) is 4.79 Å². The van der Waals surface area contributed by atoms with Gasteiger partial charge in [-0.1, -0.05) is 0 Å². The first-order chi connectivity index (χ1) is 10.0. The van der Waals surface area contributed by atoms with Crippen LogP contribution < -0.4 is 14.8 Å². The fourth-order valence-electron chi connectivity index (χ4n) is 1.84. The topological polar surface area (TPSA) is 73.3 Å². The molecule has 0 spiro atoms. The Hall–Kier alpha value is -2.77. The standard InChI is InChI=1S/C13H9F2N3O3/c14-13(15)20-10-2-1-9(4-11(10)21-13)18-12(19)3-8-5-16-7-17-6-8/h1-2,4-7H,3H2,(H,18,19). The Morgan fingerprint density at radius 3 is 2.67 bits per heavy atom. The van der Waals surface area contributed by atoms with Crippen molar-refractivity contribution < 1.29 is 23.0 Å². The summed E-state index contributed by atoms with van der Waals surface area (Å²) in [4.78, 5) is 19.4. The molecule has 1 N–H and O–H groups in total. The van der Waals surface area contributed by atoms with E-state index in [0.29, 0.717) is 11.3 Å². The van der Waals surface area contributed by atoms with Crippen LogP contribution in [0.15, 0.2) is 36.9 Å². The van der Waals surface area contributed by atoms with Gasteiger partial charge in [0.2, 0.25) is 5.91 Å².